The molecule has 1 amide bonds. The topological polar surface area (TPSA) is 113 Å². The highest BCUT2D eigenvalue weighted by atomic mass is 32.2. The first-order chi connectivity index (χ1) is 17.6. The maximum Gasteiger partial charge on any atom is 0.244 e. The van der Waals surface area contributed by atoms with Gasteiger partial charge in [0, 0.05) is 25.7 Å². The van der Waals surface area contributed by atoms with Crippen molar-refractivity contribution in [3.63, 3.8) is 0 Å². The third-order valence-electron chi connectivity index (χ3n) is 5.69. The summed E-state index contributed by atoms with van der Waals surface area (Å²) in [6.07, 6.45) is 6.89. The van der Waals surface area contributed by atoms with Crippen LogP contribution in [-0.2, 0) is 16.1 Å². The minimum Gasteiger partial charge on any atom is -0.493 e. The van der Waals surface area contributed by atoms with Crippen LogP contribution in [0.1, 0.15) is 5.56 Å². The number of amides is 1. The summed E-state index contributed by atoms with van der Waals surface area (Å²) in [6, 6.07) is 3.55. The monoisotopic (exact) mass is 514 g/mol. The molecule has 0 aliphatic carbocycles. The van der Waals surface area contributed by atoms with E-state index in [0.717, 1.165) is 35.5 Å². The van der Waals surface area contributed by atoms with Crippen molar-refractivity contribution in [2.24, 2.45) is 0 Å². The lowest BCUT2D eigenvalue weighted by Gasteiger charge is -2.28. The standard InChI is InChI=1S/C24H30N6O5S/c1-32-18-13-16(14-19(33-2)21(18)34-3)5-6-20(31)25-7-8-30-23-17(15-26-30)22(27-24(28-23)36-4)29-9-11-35-12-10-29/h5-6,13-15H,7-12H2,1-4H3,(H,25,31)/b6-5-. The van der Waals surface area contributed by atoms with Gasteiger partial charge in [0.2, 0.25) is 11.7 Å². The number of fused-ring (bicyclic) bond motifs is 1. The van der Waals surface area contributed by atoms with Gasteiger partial charge in [-0.25, -0.2) is 14.6 Å². The Morgan fingerprint density at radius 1 is 1.14 bits per heavy atom. The lowest BCUT2D eigenvalue weighted by Crippen LogP contribution is -2.37. The molecule has 0 bridgehead atoms. The van der Waals surface area contributed by atoms with Crippen LogP contribution in [-0.4, -0.2) is 86.1 Å². The van der Waals surface area contributed by atoms with Gasteiger partial charge in [0.15, 0.2) is 22.3 Å². The van der Waals surface area contributed by atoms with Crippen LogP contribution in [0.15, 0.2) is 29.6 Å². The zero-order chi connectivity index (χ0) is 25.5. The van der Waals surface area contributed by atoms with Gasteiger partial charge in [-0.2, -0.15) is 5.10 Å². The minimum absolute atomic E-state index is 0.228. The molecule has 192 valence electrons. The second kappa shape index (κ2) is 12.0. The number of thioether (sulfide) groups is 1. The van der Waals surface area contributed by atoms with Crippen molar-refractivity contribution >= 4 is 40.6 Å². The van der Waals surface area contributed by atoms with Crippen molar-refractivity contribution in [1.29, 1.82) is 0 Å². The first-order valence-electron chi connectivity index (χ1n) is 11.4. The van der Waals surface area contributed by atoms with Gasteiger partial charge >= 0.3 is 0 Å². The number of anilines is 1. The molecule has 1 N–H and O–H groups in total. The summed E-state index contributed by atoms with van der Waals surface area (Å²) in [4.78, 5) is 24.0. The molecule has 3 heterocycles. The zero-order valence-corrected chi connectivity index (χ0v) is 21.6. The van der Waals surface area contributed by atoms with Gasteiger partial charge in [-0.15, -0.1) is 0 Å². The number of hydrogen-bond acceptors (Lipinski definition) is 10. The van der Waals surface area contributed by atoms with Crippen molar-refractivity contribution in [1.82, 2.24) is 25.1 Å². The van der Waals surface area contributed by atoms with E-state index in [0.29, 0.717) is 48.7 Å². The van der Waals surface area contributed by atoms with E-state index in [-0.39, 0.29) is 5.91 Å². The van der Waals surface area contributed by atoms with Gasteiger partial charge in [-0.05, 0) is 30.0 Å². The molecule has 2 aromatic heterocycles. The van der Waals surface area contributed by atoms with E-state index in [9.17, 15) is 4.79 Å². The molecule has 3 aromatic rings. The van der Waals surface area contributed by atoms with Crippen molar-refractivity contribution in [2.45, 2.75) is 11.7 Å². The second-order valence-corrected chi connectivity index (χ2v) is 8.59. The van der Waals surface area contributed by atoms with Gasteiger partial charge in [0.1, 0.15) is 5.82 Å². The van der Waals surface area contributed by atoms with Gasteiger partial charge in [-0.3, -0.25) is 4.79 Å². The minimum atomic E-state index is -0.228. The van der Waals surface area contributed by atoms with Crippen LogP contribution in [0, 0.1) is 0 Å². The fraction of sp³-hybridized carbons (Fsp3) is 0.417. The number of aromatic nitrogens is 4. The maximum atomic E-state index is 12.4. The largest absolute Gasteiger partial charge is 0.493 e. The van der Waals surface area contributed by atoms with Crippen molar-refractivity contribution in [3.8, 4) is 17.2 Å². The average Bonchev–Trinajstić information content (AvgIpc) is 3.33. The van der Waals surface area contributed by atoms with Crippen LogP contribution in [0.4, 0.5) is 5.82 Å². The molecule has 0 unspecified atom stereocenters. The zero-order valence-electron chi connectivity index (χ0n) is 20.8. The second-order valence-electron chi connectivity index (χ2n) is 7.82. The molecule has 1 saturated heterocycles. The Kier molecular flexibility index (Phi) is 8.49. The summed E-state index contributed by atoms with van der Waals surface area (Å²) < 4.78 is 23.3. The number of carbonyl (C=O) groups is 1. The molecule has 0 spiro atoms. The van der Waals surface area contributed by atoms with Crippen molar-refractivity contribution in [3.05, 3.63) is 30.0 Å². The quantitative estimate of drug-likeness (QED) is 0.246. The van der Waals surface area contributed by atoms with E-state index in [1.54, 1.807) is 50.4 Å². The molecule has 1 aromatic carbocycles. The Morgan fingerprint density at radius 3 is 2.50 bits per heavy atom. The molecule has 1 aliphatic rings. The molecular weight excluding hydrogens is 484 g/mol. The predicted octanol–water partition coefficient (Wildman–Crippen LogP) is 2.24. The molecule has 1 aliphatic heterocycles. The van der Waals surface area contributed by atoms with E-state index >= 15 is 0 Å². The smallest absolute Gasteiger partial charge is 0.244 e. The molecule has 0 atom stereocenters. The van der Waals surface area contributed by atoms with Gasteiger partial charge in [0.25, 0.3) is 0 Å². The summed E-state index contributed by atoms with van der Waals surface area (Å²) in [5, 5.41) is 8.98. The third kappa shape index (κ3) is 5.65. The Bertz CT molecular complexity index is 1220. The Balaban J connectivity index is 1.42. The SMILES string of the molecule is COc1cc(/C=C\C(=O)NCCn2ncc3c(N4CCOCC4)nc(SC)nc32)cc(OC)c1OC. The fourth-order valence-corrected chi connectivity index (χ4v) is 4.26. The van der Waals surface area contributed by atoms with Crippen LogP contribution in [0.5, 0.6) is 17.2 Å². The van der Waals surface area contributed by atoms with Crippen molar-refractivity contribution < 1.29 is 23.7 Å². The molecule has 11 nitrogen and oxygen atoms in total. The number of carbonyl (C=O) groups excluding carboxylic acids is 1. The number of ether oxygens (including phenoxy) is 4. The maximum absolute atomic E-state index is 12.4. The Morgan fingerprint density at radius 2 is 1.86 bits per heavy atom. The number of nitrogens with zero attached hydrogens (tertiary/aromatic N) is 5. The van der Waals surface area contributed by atoms with Crippen LogP contribution in [0.2, 0.25) is 0 Å². The Hall–Kier alpha value is -3.51. The van der Waals surface area contributed by atoms with Crippen molar-refractivity contribution in [2.75, 3.05) is 65.3 Å². The van der Waals surface area contributed by atoms with E-state index in [2.05, 4.69) is 20.3 Å². The van der Waals surface area contributed by atoms with Crippen LogP contribution in [0.3, 0.4) is 0 Å². The Labute approximate surface area is 213 Å². The summed E-state index contributed by atoms with van der Waals surface area (Å²) in [5.74, 6) is 2.18. The highest BCUT2D eigenvalue weighted by Gasteiger charge is 2.20. The van der Waals surface area contributed by atoms with Gasteiger partial charge in [-0.1, -0.05) is 11.8 Å². The van der Waals surface area contributed by atoms with E-state index in [4.69, 9.17) is 23.9 Å². The molecule has 12 heteroatoms. The van der Waals surface area contributed by atoms with Gasteiger partial charge < -0.3 is 29.2 Å². The van der Waals surface area contributed by atoms with E-state index < -0.39 is 0 Å². The van der Waals surface area contributed by atoms with Crippen LogP contribution >= 0.6 is 11.8 Å². The number of hydrogen-bond donors (Lipinski definition) is 1. The first-order valence-corrected chi connectivity index (χ1v) is 12.7. The summed E-state index contributed by atoms with van der Waals surface area (Å²) >= 11 is 1.49. The average molecular weight is 515 g/mol. The predicted molar refractivity (Wildman–Crippen MR) is 138 cm³/mol. The molecule has 0 radical (unpaired) electrons. The van der Waals surface area contributed by atoms with Crippen LogP contribution < -0.4 is 24.4 Å². The highest BCUT2D eigenvalue weighted by Crippen LogP contribution is 2.38. The number of morpholine rings is 1. The van der Waals surface area contributed by atoms with Crippen LogP contribution in [0.25, 0.3) is 17.1 Å². The molecular formula is C24H30N6O5S. The number of benzene rings is 1. The van der Waals surface area contributed by atoms with E-state index in [1.165, 1.54) is 17.8 Å². The molecule has 1 fully saturated rings. The number of rotatable bonds is 10. The number of nitrogens with one attached hydrogen (secondary N) is 1. The molecule has 36 heavy (non-hydrogen) atoms. The lowest BCUT2D eigenvalue weighted by molar-refractivity contribution is -0.116. The lowest BCUT2D eigenvalue weighted by atomic mass is 10.1. The summed E-state index contributed by atoms with van der Waals surface area (Å²) in [6.45, 7) is 3.76. The summed E-state index contributed by atoms with van der Waals surface area (Å²) in [7, 11) is 4.64. The third-order valence-corrected chi connectivity index (χ3v) is 6.23. The highest BCUT2D eigenvalue weighted by molar-refractivity contribution is 7.98. The molecule has 0 saturated carbocycles. The number of methoxy groups -OCH3 is 3. The molecule has 4 rings (SSSR count). The van der Waals surface area contributed by atoms with E-state index in [1.807, 2.05) is 6.26 Å². The fourth-order valence-electron chi connectivity index (χ4n) is 3.91. The van der Waals surface area contributed by atoms with Gasteiger partial charge in [0.05, 0.1) is 52.7 Å². The summed E-state index contributed by atoms with van der Waals surface area (Å²) in [5.41, 5.74) is 1.49. The first kappa shape index (κ1) is 25.6. The normalized spacial score (nSPS) is 13.8.